The molecule has 0 saturated carbocycles. The molecule has 0 atom stereocenters. The molecule has 0 saturated heterocycles. The average molecular weight is 208 g/mol. The van der Waals surface area contributed by atoms with Crippen LogP contribution in [0.3, 0.4) is 0 Å². The van der Waals surface area contributed by atoms with Crippen LogP contribution in [-0.4, -0.2) is 13.1 Å². The van der Waals surface area contributed by atoms with Gasteiger partial charge in [-0.25, -0.2) is 9.18 Å². The molecule has 1 aromatic rings. The van der Waals surface area contributed by atoms with Crippen LogP contribution in [0.15, 0.2) is 30.3 Å². The van der Waals surface area contributed by atoms with E-state index in [1.807, 2.05) is 6.92 Å². The van der Waals surface area contributed by atoms with Crippen LogP contribution in [0.5, 0.6) is 0 Å². The van der Waals surface area contributed by atoms with Crippen molar-refractivity contribution in [2.75, 3.05) is 7.11 Å². The molecule has 0 unspecified atom stereocenters. The predicted octanol–water partition coefficient (Wildman–Crippen LogP) is 2.79. The van der Waals surface area contributed by atoms with Crippen molar-refractivity contribution >= 4 is 11.5 Å². The Labute approximate surface area is 88.4 Å². The van der Waals surface area contributed by atoms with Crippen molar-refractivity contribution in [2.45, 2.75) is 13.3 Å². The quantitative estimate of drug-likeness (QED) is 0.564. The Hall–Kier alpha value is -1.64. The van der Waals surface area contributed by atoms with E-state index in [2.05, 4.69) is 4.74 Å². The van der Waals surface area contributed by atoms with E-state index in [-0.39, 0.29) is 5.82 Å². The normalized spacial score (nSPS) is 11.3. The number of benzene rings is 1. The Balaban J connectivity index is 3.08. The molecular weight excluding hydrogens is 195 g/mol. The van der Waals surface area contributed by atoms with Gasteiger partial charge in [-0.3, -0.25) is 0 Å². The van der Waals surface area contributed by atoms with Crippen molar-refractivity contribution in [1.29, 1.82) is 0 Å². The van der Waals surface area contributed by atoms with Crippen molar-refractivity contribution < 1.29 is 13.9 Å². The zero-order chi connectivity index (χ0) is 11.3. The fourth-order valence-electron chi connectivity index (χ4n) is 1.29. The molecule has 0 fully saturated rings. The molecule has 80 valence electrons. The van der Waals surface area contributed by atoms with E-state index in [0.29, 0.717) is 17.6 Å². The Kier molecular flexibility index (Phi) is 4.03. The topological polar surface area (TPSA) is 26.3 Å². The Bertz CT molecular complexity index is 383. The summed E-state index contributed by atoms with van der Waals surface area (Å²) in [6.07, 6.45) is 1.90. The second-order valence-corrected chi connectivity index (χ2v) is 3.03. The first kappa shape index (κ1) is 11.4. The molecule has 15 heavy (non-hydrogen) atoms. The number of esters is 1. The van der Waals surface area contributed by atoms with Crippen molar-refractivity contribution in [3.05, 3.63) is 41.7 Å². The minimum absolute atomic E-state index is 0.325. The van der Waals surface area contributed by atoms with E-state index in [1.54, 1.807) is 18.2 Å². The van der Waals surface area contributed by atoms with Crippen molar-refractivity contribution in [2.24, 2.45) is 0 Å². The molecule has 0 amide bonds. The van der Waals surface area contributed by atoms with E-state index in [4.69, 9.17) is 0 Å². The summed E-state index contributed by atoms with van der Waals surface area (Å²) in [5.74, 6) is -0.787. The third-order valence-electron chi connectivity index (χ3n) is 2.09. The van der Waals surface area contributed by atoms with Crippen LogP contribution in [0.25, 0.3) is 5.57 Å². The van der Waals surface area contributed by atoms with Gasteiger partial charge in [0.25, 0.3) is 0 Å². The fourth-order valence-corrected chi connectivity index (χ4v) is 1.29. The zero-order valence-corrected chi connectivity index (χ0v) is 8.79. The van der Waals surface area contributed by atoms with Crippen LogP contribution in [0, 0.1) is 5.82 Å². The summed E-state index contributed by atoms with van der Waals surface area (Å²) in [6, 6.07) is 6.37. The number of rotatable bonds is 3. The lowest BCUT2D eigenvalue weighted by molar-refractivity contribution is -0.134. The third-order valence-corrected chi connectivity index (χ3v) is 2.09. The lowest BCUT2D eigenvalue weighted by atomic mass is 10.0. The largest absolute Gasteiger partial charge is 0.466 e. The van der Waals surface area contributed by atoms with Crippen LogP contribution < -0.4 is 0 Å². The second kappa shape index (κ2) is 5.29. The van der Waals surface area contributed by atoms with Gasteiger partial charge in [0.1, 0.15) is 5.82 Å². The average Bonchev–Trinajstić information content (AvgIpc) is 2.26. The predicted molar refractivity (Wildman–Crippen MR) is 56.7 cm³/mol. The smallest absolute Gasteiger partial charge is 0.330 e. The monoisotopic (exact) mass is 208 g/mol. The summed E-state index contributed by atoms with van der Waals surface area (Å²) in [5, 5.41) is 0. The maximum atomic E-state index is 13.4. The van der Waals surface area contributed by atoms with Crippen molar-refractivity contribution in [3.8, 4) is 0 Å². The van der Waals surface area contributed by atoms with Gasteiger partial charge in [0.2, 0.25) is 0 Å². The number of hydrogen-bond acceptors (Lipinski definition) is 2. The molecule has 0 aliphatic rings. The summed E-state index contributed by atoms with van der Waals surface area (Å²) in [4.78, 5) is 11.0. The van der Waals surface area contributed by atoms with Gasteiger partial charge in [-0.15, -0.1) is 0 Å². The molecule has 0 aromatic heterocycles. The Morgan fingerprint density at radius 2 is 2.13 bits per heavy atom. The lowest BCUT2D eigenvalue weighted by Gasteiger charge is -2.05. The van der Waals surface area contributed by atoms with Gasteiger partial charge in [0, 0.05) is 11.6 Å². The molecule has 3 heteroatoms. The van der Waals surface area contributed by atoms with Crippen LogP contribution in [-0.2, 0) is 9.53 Å². The number of carbonyl (C=O) groups excluding carboxylic acids is 1. The summed E-state index contributed by atoms with van der Waals surface area (Å²) in [7, 11) is 1.30. The van der Waals surface area contributed by atoms with Crippen LogP contribution in [0.1, 0.15) is 18.9 Å². The van der Waals surface area contributed by atoms with Gasteiger partial charge in [-0.05, 0) is 18.1 Å². The zero-order valence-electron chi connectivity index (χ0n) is 8.79. The molecular formula is C12H13FO2. The van der Waals surface area contributed by atoms with Gasteiger partial charge in [0.05, 0.1) is 7.11 Å². The highest BCUT2D eigenvalue weighted by Crippen LogP contribution is 2.20. The first-order valence-electron chi connectivity index (χ1n) is 4.72. The van der Waals surface area contributed by atoms with E-state index in [0.717, 1.165) is 0 Å². The van der Waals surface area contributed by atoms with Crippen molar-refractivity contribution in [1.82, 2.24) is 0 Å². The number of ether oxygens (including phenoxy) is 1. The third kappa shape index (κ3) is 2.91. The minimum atomic E-state index is -0.463. The van der Waals surface area contributed by atoms with E-state index in [9.17, 15) is 9.18 Å². The number of halogens is 1. The van der Waals surface area contributed by atoms with Crippen LogP contribution in [0.4, 0.5) is 4.39 Å². The number of methoxy groups -OCH3 is 1. The first-order chi connectivity index (χ1) is 7.19. The van der Waals surface area contributed by atoms with Crippen LogP contribution >= 0.6 is 0 Å². The van der Waals surface area contributed by atoms with E-state index >= 15 is 0 Å². The number of hydrogen-bond donors (Lipinski definition) is 0. The molecule has 1 rings (SSSR count). The molecule has 0 aliphatic carbocycles. The van der Waals surface area contributed by atoms with E-state index in [1.165, 1.54) is 19.3 Å². The molecule has 0 spiro atoms. The SMILES string of the molecule is CC/C(=C/C(=O)OC)c1ccccc1F. The van der Waals surface area contributed by atoms with Gasteiger partial charge >= 0.3 is 5.97 Å². The fraction of sp³-hybridized carbons (Fsp3) is 0.250. The maximum Gasteiger partial charge on any atom is 0.330 e. The lowest BCUT2D eigenvalue weighted by Crippen LogP contribution is -1.98. The van der Waals surface area contributed by atoms with Gasteiger partial charge < -0.3 is 4.74 Å². The van der Waals surface area contributed by atoms with Crippen molar-refractivity contribution in [3.63, 3.8) is 0 Å². The summed E-state index contributed by atoms with van der Waals surface area (Å²) in [5.41, 5.74) is 1.09. The molecule has 2 nitrogen and oxygen atoms in total. The van der Waals surface area contributed by atoms with Gasteiger partial charge in [-0.1, -0.05) is 25.1 Å². The Morgan fingerprint density at radius 3 is 2.67 bits per heavy atom. The standard InChI is InChI=1S/C12H13FO2/c1-3-9(8-12(14)15-2)10-6-4-5-7-11(10)13/h4-8H,3H2,1-2H3/b9-8-. The molecule has 0 radical (unpaired) electrons. The van der Waals surface area contributed by atoms with Gasteiger partial charge in [-0.2, -0.15) is 0 Å². The minimum Gasteiger partial charge on any atom is -0.466 e. The van der Waals surface area contributed by atoms with Crippen LogP contribution in [0.2, 0.25) is 0 Å². The highest BCUT2D eigenvalue weighted by atomic mass is 19.1. The summed E-state index contributed by atoms with van der Waals surface area (Å²) < 4.78 is 17.9. The first-order valence-corrected chi connectivity index (χ1v) is 4.72. The van der Waals surface area contributed by atoms with E-state index < -0.39 is 5.97 Å². The van der Waals surface area contributed by atoms with Gasteiger partial charge in [0.15, 0.2) is 0 Å². The summed E-state index contributed by atoms with van der Waals surface area (Å²) >= 11 is 0. The summed E-state index contributed by atoms with van der Waals surface area (Å²) in [6.45, 7) is 1.86. The molecule has 0 bridgehead atoms. The molecule has 0 aliphatic heterocycles. The highest BCUT2D eigenvalue weighted by molar-refractivity contribution is 5.91. The second-order valence-electron chi connectivity index (χ2n) is 3.03. The number of allylic oxidation sites excluding steroid dienone is 1. The highest BCUT2D eigenvalue weighted by Gasteiger charge is 2.07. The number of carbonyl (C=O) groups is 1. The molecule has 0 N–H and O–H groups in total. The molecule has 0 heterocycles. The Morgan fingerprint density at radius 1 is 1.47 bits per heavy atom. The molecule has 1 aromatic carbocycles. The maximum absolute atomic E-state index is 13.4.